The summed E-state index contributed by atoms with van der Waals surface area (Å²) in [6, 6.07) is 0. The molecule has 5 heteroatoms. The molecule has 1 heterocycles. The minimum absolute atomic E-state index is 0.270. The molecule has 0 spiro atoms. The highest BCUT2D eigenvalue weighted by Gasteiger charge is 2.06. The van der Waals surface area contributed by atoms with E-state index in [-0.39, 0.29) is 18.0 Å². The molecule has 1 aromatic heterocycles. The van der Waals surface area contributed by atoms with E-state index in [1.807, 2.05) is 0 Å². The van der Waals surface area contributed by atoms with Crippen LogP contribution in [0.15, 0.2) is 15.8 Å². The lowest BCUT2D eigenvalue weighted by Gasteiger charge is -2.06. The molecule has 1 N–H and O–H groups in total. The van der Waals surface area contributed by atoms with Gasteiger partial charge in [0.1, 0.15) is 0 Å². The third-order valence-electron chi connectivity index (χ3n) is 1.88. The average molecular weight is 184 g/mol. The van der Waals surface area contributed by atoms with E-state index in [1.165, 1.54) is 4.57 Å². The van der Waals surface area contributed by atoms with Crippen molar-refractivity contribution >= 4 is 0 Å². The normalized spacial score (nSPS) is 10.3. The summed E-state index contributed by atoms with van der Waals surface area (Å²) in [6.45, 7) is 4.16. The van der Waals surface area contributed by atoms with Gasteiger partial charge in [-0.15, -0.1) is 0 Å². The maximum Gasteiger partial charge on any atom is 0.331 e. The Morgan fingerprint density at radius 2 is 1.92 bits per heavy atom. The highest BCUT2D eigenvalue weighted by Crippen LogP contribution is 1.95. The second-order valence-corrected chi connectivity index (χ2v) is 2.63. The molecule has 0 saturated carbocycles. The Morgan fingerprint density at radius 1 is 1.31 bits per heavy atom. The van der Waals surface area contributed by atoms with Gasteiger partial charge in [-0.2, -0.15) is 0 Å². The van der Waals surface area contributed by atoms with Crippen LogP contribution in [0.1, 0.15) is 13.8 Å². The third kappa shape index (κ3) is 1.49. The molecular weight excluding hydrogens is 172 g/mol. The first kappa shape index (κ1) is 9.57. The Morgan fingerprint density at radius 3 is 2.38 bits per heavy atom. The lowest BCUT2D eigenvalue weighted by molar-refractivity contribution is 0.436. The highest BCUT2D eigenvalue weighted by atomic mass is 16.3. The van der Waals surface area contributed by atoms with E-state index in [0.29, 0.717) is 6.54 Å². The second-order valence-electron chi connectivity index (χ2n) is 2.63. The Hall–Kier alpha value is -1.52. The molecule has 0 amide bonds. The van der Waals surface area contributed by atoms with Crippen LogP contribution in [-0.2, 0) is 13.1 Å². The molecule has 72 valence electrons. The number of aryl methyl sites for hydroxylation is 1. The zero-order valence-electron chi connectivity index (χ0n) is 7.65. The van der Waals surface area contributed by atoms with Crippen LogP contribution in [0.3, 0.4) is 0 Å². The summed E-state index contributed by atoms with van der Waals surface area (Å²) in [5, 5.41) is 9.17. The second kappa shape index (κ2) is 3.47. The molecule has 0 aliphatic carbocycles. The van der Waals surface area contributed by atoms with Crippen molar-refractivity contribution in [1.82, 2.24) is 9.13 Å². The molecule has 0 aliphatic heterocycles. The van der Waals surface area contributed by atoms with Gasteiger partial charge in [0.2, 0.25) is 0 Å². The van der Waals surface area contributed by atoms with Gasteiger partial charge in [0.15, 0.2) is 5.75 Å². The average Bonchev–Trinajstić information content (AvgIpc) is 2.12. The topological polar surface area (TPSA) is 64.2 Å². The highest BCUT2D eigenvalue weighted by molar-refractivity contribution is 5.10. The van der Waals surface area contributed by atoms with Crippen molar-refractivity contribution in [2.24, 2.45) is 0 Å². The minimum atomic E-state index is -0.628. The molecule has 0 saturated heterocycles. The minimum Gasteiger partial charge on any atom is -0.502 e. The van der Waals surface area contributed by atoms with Crippen molar-refractivity contribution in [1.29, 1.82) is 0 Å². The van der Waals surface area contributed by atoms with Gasteiger partial charge in [-0.25, -0.2) is 4.79 Å². The zero-order chi connectivity index (χ0) is 10.0. The standard InChI is InChI=1S/C8H12N2O3/c1-3-9-5-6(11)7(12)10(4-2)8(9)13/h5,11H,3-4H2,1-2H3. The fourth-order valence-corrected chi connectivity index (χ4v) is 1.14. The van der Waals surface area contributed by atoms with Gasteiger partial charge in [0, 0.05) is 13.1 Å². The quantitative estimate of drug-likeness (QED) is 0.689. The van der Waals surface area contributed by atoms with E-state index in [1.54, 1.807) is 13.8 Å². The molecule has 0 unspecified atom stereocenters. The van der Waals surface area contributed by atoms with Crippen molar-refractivity contribution < 1.29 is 5.11 Å². The van der Waals surface area contributed by atoms with E-state index in [9.17, 15) is 14.7 Å². The molecule has 13 heavy (non-hydrogen) atoms. The first-order chi connectivity index (χ1) is 6.11. The van der Waals surface area contributed by atoms with Crippen molar-refractivity contribution in [2.75, 3.05) is 0 Å². The van der Waals surface area contributed by atoms with Crippen LogP contribution in [0.25, 0.3) is 0 Å². The molecule has 0 bridgehead atoms. The van der Waals surface area contributed by atoms with Crippen LogP contribution in [0.2, 0.25) is 0 Å². The van der Waals surface area contributed by atoms with Crippen LogP contribution in [-0.4, -0.2) is 14.2 Å². The Kier molecular flexibility index (Phi) is 2.55. The summed E-state index contributed by atoms with van der Waals surface area (Å²) in [6.07, 6.45) is 1.16. The van der Waals surface area contributed by atoms with Gasteiger partial charge in [-0.1, -0.05) is 0 Å². The van der Waals surface area contributed by atoms with E-state index < -0.39 is 5.56 Å². The van der Waals surface area contributed by atoms with E-state index in [0.717, 1.165) is 10.8 Å². The Bertz CT molecular complexity index is 416. The molecule has 1 rings (SSSR count). The number of hydrogen-bond donors (Lipinski definition) is 1. The van der Waals surface area contributed by atoms with E-state index in [2.05, 4.69) is 0 Å². The largest absolute Gasteiger partial charge is 0.502 e. The third-order valence-corrected chi connectivity index (χ3v) is 1.88. The van der Waals surface area contributed by atoms with Crippen LogP contribution in [0.4, 0.5) is 0 Å². The smallest absolute Gasteiger partial charge is 0.331 e. The molecule has 0 aromatic carbocycles. The first-order valence-electron chi connectivity index (χ1n) is 4.15. The fraction of sp³-hybridized carbons (Fsp3) is 0.500. The Labute approximate surface area is 74.9 Å². The summed E-state index contributed by atoms with van der Waals surface area (Å²) < 4.78 is 2.29. The zero-order valence-corrected chi connectivity index (χ0v) is 7.65. The van der Waals surface area contributed by atoms with Crippen LogP contribution < -0.4 is 11.2 Å². The molecule has 0 aliphatic rings. The van der Waals surface area contributed by atoms with Crippen LogP contribution in [0.5, 0.6) is 5.75 Å². The van der Waals surface area contributed by atoms with Gasteiger partial charge in [0.05, 0.1) is 6.20 Å². The SMILES string of the molecule is CCn1cc(O)c(=O)n(CC)c1=O. The summed E-state index contributed by atoms with van der Waals surface area (Å²) in [5.41, 5.74) is -1.01. The number of aromatic nitrogens is 2. The van der Waals surface area contributed by atoms with Crippen molar-refractivity contribution in [3.63, 3.8) is 0 Å². The lowest BCUT2D eigenvalue weighted by atomic mass is 10.5. The van der Waals surface area contributed by atoms with Crippen LogP contribution >= 0.6 is 0 Å². The van der Waals surface area contributed by atoms with Gasteiger partial charge < -0.3 is 5.11 Å². The molecule has 5 nitrogen and oxygen atoms in total. The predicted octanol–water partition coefficient (Wildman–Crippen LogP) is -0.245. The van der Waals surface area contributed by atoms with E-state index in [4.69, 9.17) is 0 Å². The number of nitrogens with zero attached hydrogens (tertiary/aromatic N) is 2. The lowest BCUT2D eigenvalue weighted by Crippen LogP contribution is -2.38. The molecule has 0 radical (unpaired) electrons. The maximum atomic E-state index is 11.4. The number of aromatic hydroxyl groups is 1. The summed E-state index contributed by atoms with van der Waals surface area (Å²) >= 11 is 0. The number of hydrogen-bond acceptors (Lipinski definition) is 3. The first-order valence-corrected chi connectivity index (χ1v) is 4.15. The van der Waals surface area contributed by atoms with Crippen molar-refractivity contribution in [3.05, 3.63) is 27.0 Å². The Balaban J connectivity index is 3.58. The van der Waals surface area contributed by atoms with Gasteiger partial charge >= 0.3 is 5.69 Å². The van der Waals surface area contributed by atoms with Crippen LogP contribution in [0, 0.1) is 0 Å². The molecular formula is C8H12N2O3. The molecule has 0 fully saturated rings. The van der Waals surface area contributed by atoms with Gasteiger partial charge in [-0.05, 0) is 13.8 Å². The molecule has 1 aromatic rings. The van der Waals surface area contributed by atoms with Gasteiger partial charge in [-0.3, -0.25) is 13.9 Å². The molecule has 0 atom stereocenters. The fourth-order valence-electron chi connectivity index (χ4n) is 1.14. The predicted molar refractivity (Wildman–Crippen MR) is 48.0 cm³/mol. The van der Waals surface area contributed by atoms with Crippen molar-refractivity contribution in [2.45, 2.75) is 26.9 Å². The summed E-state index contributed by atoms with van der Waals surface area (Å²) in [5.74, 6) is -0.386. The summed E-state index contributed by atoms with van der Waals surface area (Å²) in [7, 11) is 0. The summed E-state index contributed by atoms with van der Waals surface area (Å²) in [4.78, 5) is 22.6. The van der Waals surface area contributed by atoms with Gasteiger partial charge in [0.25, 0.3) is 5.56 Å². The van der Waals surface area contributed by atoms with Crippen molar-refractivity contribution in [3.8, 4) is 5.75 Å². The maximum absolute atomic E-state index is 11.4. The number of rotatable bonds is 2. The van der Waals surface area contributed by atoms with E-state index >= 15 is 0 Å². The monoisotopic (exact) mass is 184 g/mol.